The molecule has 0 radical (unpaired) electrons. The summed E-state index contributed by atoms with van der Waals surface area (Å²) in [6.45, 7) is 1.86. The van der Waals surface area contributed by atoms with Crippen LogP contribution in [-0.2, 0) is 4.79 Å². The zero-order valence-electron chi connectivity index (χ0n) is 9.44. The lowest BCUT2D eigenvalue weighted by molar-refractivity contribution is -0.139. The van der Waals surface area contributed by atoms with Gasteiger partial charge in [0.05, 0.1) is 0 Å². The smallest absolute Gasteiger partial charge is 0.326 e. The van der Waals surface area contributed by atoms with Crippen LogP contribution in [0.3, 0.4) is 0 Å². The maximum atomic E-state index is 11.8. The molecule has 0 bridgehead atoms. The summed E-state index contributed by atoms with van der Waals surface area (Å²) in [4.78, 5) is 22.6. The van der Waals surface area contributed by atoms with Crippen molar-refractivity contribution in [2.45, 2.75) is 25.8 Å². The molecule has 17 heavy (non-hydrogen) atoms. The lowest BCUT2D eigenvalue weighted by Crippen LogP contribution is -2.40. The van der Waals surface area contributed by atoms with Crippen LogP contribution in [0.2, 0.25) is 5.02 Å². The first-order valence-electron chi connectivity index (χ1n) is 5.33. The number of carbonyl (C=O) groups is 2. The van der Waals surface area contributed by atoms with E-state index in [9.17, 15) is 9.59 Å². The molecule has 2 N–H and O–H groups in total. The summed E-state index contributed by atoms with van der Waals surface area (Å²) in [6, 6.07) is 5.53. The summed E-state index contributed by atoms with van der Waals surface area (Å²) in [6.07, 6.45) is 1.09. The van der Waals surface area contributed by atoms with E-state index in [1.165, 1.54) is 6.07 Å². The van der Waals surface area contributed by atoms with Crippen LogP contribution in [0, 0.1) is 0 Å². The van der Waals surface area contributed by atoms with E-state index in [2.05, 4.69) is 5.32 Å². The number of hydrogen-bond acceptors (Lipinski definition) is 2. The van der Waals surface area contributed by atoms with Gasteiger partial charge in [-0.05, 0) is 24.6 Å². The van der Waals surface area contributed by atoms with E-state index in [4.69, 9.17) is 16.7 Å². The van der Waals surface area contributed by atoms with E-state index in [0.29, 0.717) is 23.4 Å². The monoisotopic (exact) mass is 255 g/mol. The molecule has 0 spiro atoms. The summed E-state index contributed by atoms with van der Waals surface area (Å²) in [5, 5.41) is 11.8. The standard InChI is InChI=1S/C12H14ClNO3/c1-2-4-10(12(16)17)14-11(15)8-5-3-6-9(13)7-8/h3,5-7,10H,2,4H2,1H3,(H,14,15)(H,16,17)/t10-/m0/s1. The quantitative estimate of drug-likeness (QED) is 0.849. The van der Waals surface area contributed by atoms with Gasteiger partial charge in [0.25, 0.3) is 5.91 Å². The average Bonchev–Trinajstić information content (AvgIpc) is 2.28. The molecule has 0 fully saturated rings. The van der Waals surface area contributed by atoms with E-state index in [0.717, 1.165) is 0 Å². The fourth-order valence-corrected chi connectivity index (χ4v) is 1.61. The normalized spacial score (nSPS) is 11.9. The molecular formula is C12H14ClNO3. The largest absolute Gasteiger partial charge is 0.480 e. The van der Waals surface area contributed by atoms with E-state index >= 15 is 0 Å². The Balaban J connectivity index is 2.73. The summed E-state index contributed by atoms with van der Waals surface area (Å²) in [5.74, 6) is -1.45. The molecule has 0 saturated carbocycles. The third-order valence-corrected chi connectivity index (χ3v) is 2.50. The molecule has 0 aliphatic rings. The van der Waals surface area contributed by atoms with Gasteiger partial charge in [0.15, 0.2) is 0 Å². The number of carbonyl (C=O) groups excluding carboxylic acids is 1. The third-order valence-electron chi connectivity index (χ3n) is 2.27. The second-order valence-corrected chi connectivity index (χ2v) is 4.10. The Morgan fingerprint density at radius 1 is 1.47 bits per heavy atom. The van der Waals surface area contributed by atoms with Gasteiger partial charge in [0, 0.05) is 10.6 Å². The molecule has 0 unspecified atom stereocenters. The Morgan fingerprint density at radius 2 is 2.18 bits per heavy atom. The van der Waals surface area contributed by atoms with Crippen LogP contribution in [0.15, 0.2) is 24.3 Å². The minimum atomic E-state index is -1.03. The fraction of sp³-hybridized carbons (Fsp3) is 0.333. The molecule has 0 saturated heterocycles. The van der Waals surface area contributed by atoms with Gasteiger partial charge in [-0.25, -0.2) is 4.79 Å². The highest BCUT2D eigenvalue weighted by Crippen LogP contribution is 2.11. The molecule has 1 rings (SSSR count). The molecule has 5 heteroatoms. The Kier molecular flexibility index (Phi) is 4.97. The molecule has 0 aliphatic heterocycles. The van der Waals surface area contributed by atoms with E-state index in [-0.39, 0.29) is 0 Å². The number of carboxylic acids is 1. The summed E-state index contributed by atoms with van der Waals surface area (Å²) in [5.41, 5.74) is 0.361. The highest BCUT2D eigenvalue weighted by molar-refractivity contribution is 6.30. The minimum absolute atomic E-state index is 0.361. The number of nitrogens with one attached hydrogen (secondary N) is 1. The maximum absolute atomic E-state index is 11.8. The van der Waals surface area contributed by atoms with Gasteiger partial charge in [-0.15, -0.1) is 0 Å². The Labute approximate surface area is 105 Å². The first-order chi connectivity index (χ1) is 8.04. The lowest BCUT2D eigenvalue weighted by Gasteiger charge is -2.13. The molecule has 1 aromatic rings. The van der Waals surface area contributed by atoms with Gasteiger partial charge in [-0.2, -0.15) is 0 Å². The van der Waals surface area contributed by atoms with Crippen molar-refractivity contribution in [1.29, 1.82) is 0 Å². The molecule has 92 valence electrons. The molecular weight excluding hydrogens is 242 g/mol. The molecule has 1 amide bonds. The molecule has 1 aromatic carbocycles. The molecule has 1 atom stereocenters. The van der Waals surface area contributed by atoms with Gasteiger partial charge in [-0.3, -0.25) is 4.79 Å². The van der Waals surface area contributed by atoms with Crippen LogP contribution in [0.1, 0.15) is 30.1 Å². The van der Waals surface area contributed by atoms with E-state index in [1.54, 1.807) is 18.2 Å². The molecule has 0 aromatic heterocycles. The number of carboxylic acid groups (broad SMARTS) is 1. The van der Waals surface area contributed by atoms with Crippen LogP contribution in [-0.4, -0.2) is 23.0 Å². The number of halogens is 1. The predicted octanol–water partition coefficient (Wildman–Crippen LogP) is 2.32. The highest BCUT2D eigenvalue weighted by atomic mass is 35.5. The Hall–Kier alpha value is -1.55. The predicted molar refractivity (Wildman–Crippen MR) is 65.3 cm³/mol. The van der Waals surface area contributed by atoms with Crippen LogP contribution in [0.4, 0.5) is 0 Å². The third kappa shape index (κ3) is 4.07. The average molecular weight is 256 g/mol. The van der Waals surface area contributed by atoms with Crippen molar-refractivity contribution < 1.29 is 14.7 Å². The van der Waals surface area contributed by atoms with Gasteiger partial charge in [0.1, 0.15) is 6.04 Å². The zero-order valence-corrected chi connectivity index (χ0v) is 10.2. The van der Waals surface area contributed by atoms with Crippen molar-refractivity contribution in [3.05, 3.63) is 34.9 Å². The number of aliphatic carboxylic acids is 1. The summed E-state index contributed by atoms with van der Waals surface area (Å²) < 4.78 is 0. The Morgan fingerprint density at radius 3 is 2.71 bits per heavy atom. The van der Waals surface area contributed by atoms with Crippen LogP contribution >= 0.6 is 11.6 Å². The van der Waals surface area contributed by atoms with Crippen molar-refractivity contribution in [2.24, 2.45) is 0 Å². The van der Waals surface area contributed by atoms with Crippen LogP contribution < -0.4 is 5.32 Å². The van der Waals surface area contributed by atoms with Crippen LogP contribution in [0.25, 0.3) is 0 Å². The zero-order chi connectivity index (χ0) is 12.8. The van der Waals surface area contributed by atoms with Crippen molar-refractivity contribution in [2.75, 3.05) is 0 Å². The van der Waals surface area contributed by atoms with Crippen molar-refractivity contribution in [3.63, 3.8) is 0 Å². The molecule has 0 aliphatic carbocycles. The second-order valence-electron chi connectivity index (χ2n) is 3.66. The van der Waals surface area contributed by atoms with E-state index in [1.807, 2.05) is 6.92 Å². The maximum Gasteiger partial charge on any atom is 0.326 e. The van der Waals surface area contributed by atoms with Gasteiger partial charge in [-0.1, -0.05) is 31.0 Å². The topological polar surface area (TPSA) is 66.4 Å². The highest BCUT2D eigenvalue weighted by Gasteiger charge is 2.19. The van der Waals surface area contributed by atoms with Gasteiger partial charge < -0.3 is 10.4 Å². The van der Waals surface area contributed by atoms with Crippen molar-refractivity contribution in [3.8, 4) is 0 Å². The number of amides is 1. The molecule has 4 nitrogen and oxygen atoms in total. The fourth-order valence-electron chi connectivity index (χ4n) is 1.42. The van der Waals surface area contributed by atoms with E-state index < -0.39 is 17.9 Å². The summed E-state index contributed by atoms with van der Waals surface area (Å²) >= 11 is 5.75. The number of benzene rings is 1. The number of hydrogen-bond donors (Lipinski definition) is 2. The minimum Gasteiger partial charge on any atom is -0.480 e. The molecule has 0 heterocycles. The van der Waals surface area contributed by atoms with Crippen LogP contribution in [0.5, 0.6) is 0 Å². The van der Waals surface area contributed by atoms with Crippen molar-refractivity contribution in [1.82, 2.24) is 5.32 Å². The lowest BCUT2D eigenvalue weighted by atomic mass is 10.1. The SMILES string of the molecule is CCC[C@H](NC(=O)c1cccc(Cl)c1)C(=O)O. The van der Waals surface area contributed by atoms with Gasteiger partial charge in [0.2, 0.25) is 0 Å². The number of rotatable bonds is 5. The first-order valence-corrected chi connectivity index (χ1v) is 5.71. The first kappa shape index (κ1) is 13.5. The second kappa shape index (κ2) is 6.25. The van der Waals surface area contributed by atoms with Gasteiger partial charge >= 0.3 is 5.97 Å². The van der Waals surface area contributed by atoms with Crippen molar-refractivity contribution >= 4 is 23.5 Å². The summed E-state index contributed by atoms with van der Waals surface area (Å²) in [7, 11) is 0. The Bertz CT molecular complexity index is 420.